The highest BCUT2D eigenvalue weighted by atomic mass is 32.2. The fourth-order valence-electron chi connectivity index (χ4n) is 0.811. The first kappa shape index (κ1) is 8.17. The first-order valence-corrected chi connectivity index (χ1v) is 3.78. The molecule has 0 aromatic carbocycles. The van der Waals surface area contributed by atoms with Crippen molar-refractivity contribution in [3.63, 3.8) is 0 Å². The Hall–Kier alpha value is 0.0700. The average molecular weight is 174 g/mol. The lowest BCUT2D eigenvalue weighted by Crippen LogP contribution is -2.27. The normalized spacial score (nSPS) is 38.4. The summed E-state index contributed by atoms with van der Waals surface area (Å²) in [6.45, 7) is -1.28. The molecule has 0 spiro atoms. The molecular formula is C5H6F4S. The molecule has 5 heteroatoms. The minimum atomic E-state index is -3.20. The van der Waals surface area contributed by atoms with Crippen LogP contribution in [0.1, 0.15) is 0 Å². The SMILES string of the molecule is FCC1C(F)CSC1(F)F. The van der Waals surface area contributed by atoms with Gasteiger partial charge in [-0.05, 0) is 0 Å². The van der Waals surface area contributed by atoms with Crippen LogP contribution in [0.15, 0.2) is 0 Å². The fraction of sp³-hybridized carbons (Fsp3) is 1.00. The molecule has 0 radical (unpaired) electrons. The van der Waals surface area contributed by atoms with Crippen LogP contribution in [0.25, 0.3) is 0 Å². The number of thioether (sulfide) groups is 1. The Morgan fingerprint density at radius 1 is 1.50 bits per heavy atom. The summed E-state index contributed by atoms with van der Waals surface area (Å²) in [7, 11) is 0. The standard InChI is InChI=1S/C5H6F4S/c6-1-3-4(7)2-10-5(3,8)9/h3-4H,1-2H2. The largest absolute Gasteiger partial charge is 0.302 e. The number of alkyl halides is 4. The molecule has 0 saturated carbocycles. The van der Waals surface area contributed by atoms with E-state index >= 15 is 0 Å². The molecule has 0 bridgehead atoms. The van der Waals surface area contributed by atoms with Crippen LogP contribution in [0.3, 0.4) is 0 Å². The molecule has 0 nitrogen and oxygen atoms in total. The second kappa shape index (κ2) is 2.60. The third-order valence-corrected chi connectivity index (χ3v) is 2.64. The zero-order valence-corrected chi connectivity index (χ0v) is 5.81. The number of hydrogen-bond acceptors (Lipinski definition) is 1. The quantitative estimate of drug-likeness (QED) is 0.549. The van der Waals surface area contributed by atoms with Gasteiger partial charge in [-0.3, -0.25) is 4.39 Å². The van der Waals surface area contributed by atoms with Crippen LogP contribution < -0.4 is 0 Å². The van der Waals surface area contributed by atoms with E-state index in [1.54, 1.807) is 0 Å². The summed E-state index contributed by atoms with van der Waals surface area (Å²) < 4.78 is 48.7. The third-order valence-electron chi connectivity index (χ3n) is 1.47. The van der Waals surface area contributed by atoms with Gasteiger partial charge in [0.25, 0.3) is 0 Å². The Balaban J connectivity index is 2.63. The Labute approximate surface area is 60.0 Å². The lowest BCUT2D eigenvalue weighted by Gasteiger charge is -2.14. The molecular weight excluding hydrogens is 168 g/mol. The van der Waals surface area contributed by atoms with Crippen molar-refractivity contribution in [2.24, 2.45) is 5.92 Å². The molecule has 1 rings (SSSR count). The maximum absolute atomic E-state index is 12.3. The van der Waals surface area contributed by atoms with Crippen molar-refractivity contribution in [2.45, 2.75) is 11.4 Å². The lowest BCUT2D eigenvalue weighted by atomic mass is 10.1. The maximum Gasteiger partial charge on any atom is 0.302 e. The van der Waals surface area contributed by atoms with Gasteiger partial charge in [-0.1, -0.05) is 11.8 Å². The number of hydrogen-bond donors (Lipinski definition) is 0. The zero-order chi connectivity index (χ0) is 7.78. The van der Waals surface area contributed by atoms with Crippen molar-refractivity contribution in [1.29, 1.82) is 0 Å². The topological polar surface area (TPSA) is 0 Å². The Morgan fingerprint density at radius 2 is 2.10 bits per heavy atom. The van der Waals surface area contributed by atoms with Gasteiger partial charge in [0.1, 0.15) is 12.8 Å². The molecule has 2 atom stereocenters. The van der Waals surface area contributed by atoms with E-state index in [1.807, 2.05) is 0 Å². The van der Waals surface area contributed by atoms with Crippen LogP contribution in [-0.4, -0.2) is 23.9 Å². The van der Waals surface area contributed by atoms with E-state index in [-0.39, 0.29) is 17.5 Å². The van der Waals surface area contributed by atoms with E-state index in [0.29, 0.717) is 0 Å². The smallest absolute Gasteiger partial charge is 0.250 e. The first-order valence-electron chi connectivity index (χ1n) is 2.79. The van der Waals surface area contributed by atoms with Gasteiger partial charge in [-0.15, -0.1) is 0 Å². The summed E-state index contributed by atoms with van der Waals surface area (Å²) in [5.74, 6) is -2.01. The summed E-state index contributed by atoms with van der Waals surface area (Å²) in [6, 6.07) is 0. The minimum absolute atomic E-state index is 0.192. The van der Waals surface area contributed by atoms with Crippen LogP contribution in [0, 0.1) is 5.92 Å². The molecule has 0 aliphatic carbocycles. The van der Waals surface area contributed by atoms with Crippen molar-refractivity contribution >= 4 is 11.8 Å². The highest BCUT2D eigenvalue weighted by Crippen LogP contribution is 2.46. The molecule has 0 amide bonds. The summed E-state index contributed by atoms with van der Waals surface area (Å²) >= 11 is 0.192. The average Bonchev–Trinajstić information content (AvgIpc) is 2.07. The molecule has 1 aliphatic heterocycles. The third kappa shape index (κ3) is 1.24. The zero-order valence-electron chi connectivity index (χ0n) is 4.99. The van der Waals surface area contributed by atoms with Crippen LogP contribution in [0.2, 0.25) is 0 Å². The van der Waals surface area contributed by atoms with E-state index < -0.39 is 24.0 Å². The lowest BCUT2D eigenvalue weighted by molar-refractivity contribution is 0.00417. The van der Waals surface area contributed by atoms with Gasteiger partial charge >= 0.3 is 5.25 Å². The van der Waals surface area contributed by atoms with Gasteiger partial charge < -0.3 is 0 Å². The molecule has 10 heavy (non-hydrogen) atoms. The van der Waals surface area contributed by atoms with Gasteiger partial charge in [0.15, 0.2) is 0 Å². The molecule has 0 N–H and O–H groups in total. The second-order valence-corrected chi connectivity index (χ2v) is 3.32. The molecule has 0 aromatic heterocycles. The fourth-order valence-corrected chi connectivity index (χ4v) is 1.85. The van der Waals surface area contributed by atoms with Gasteiger partial charge in [-0.25, -0.2) is 4.39 Å². The van der Waals surface area contributed by atoms with Crippen molar-refractivity contribution < 1.29 is 17.6 Å². The Kier molecular flexibility index (Phi) is 2.12. The second-order valence-electron chi connectivity index (χ2n) is 2.15. The van der Waals surface area contributed by atoms with Crippen LogP contribution >= 0.6 is 11.8 Å². The van der Waals surface area contributed by atoms with Crippen molar-refractivity contribution in [3.8, 4) is 0 Å². The van der Waals surface area contributed by atoms with E-state index in [1.165, 1.54) is 0 Å². The predicted octanol–water partition coefficient (Wildman–Crippen LogP) is 2.25. The maximum atomic E-state index is 12.3. The summed E-state index contributed by atoms with van der Waals surface area (Å²) in [4.78, 5) is 0. The van der Waals surface area contributed by atoms with Gasteiger partial charge in [0.2, 0.25) is 0 Å². The molecule has 60 valence electrons. The summed E-state index contributed by atoms with van der Waals surface area (Å²) in [6.07, 6.45) is -1.69. The van der Waals surface area contributed by atoms with Crippen LogP contribution in [0.4, 0.5) is 17.6 Å². The van der Waals surface area contributed by atoms with Crippen LogP contribution in [-0.2, 0) is 0 Å². The van der Waals surface area contributed by atoms with E-state index in [4.69, 9.17) is 0 Å². The summed E-state index contributed by atoms with van der Waals surface area (Å²) in [5.41, 5.74) is 0. The molecule has 1 heterocycles. The van der Waals surface area contributed by atoms with Crippen molar-refractivity contribution in [2.75, 3.05) is 12.4 Å². The van der Waals surface area contributed by atoms with Gasteiger partial charge in [0, 0.05) is 5.75 Å². The number of halogens is 4. The molecule has 1 fully saturated rings. The summed E-state index contributed by atoms with van der Waals surface area (Å²) in [5, 5.41) is -3.20. The number of rotatable bonds is 1. The van der Waals surface area contributed by atoms with E-state index in [2.05, 4.69) is 0 Å². The van der Waals surface area contributed by atoms with Gasteiger partial charge in [-0.2, -0.15) is 8.78 Å². The molecule has 1 saturated heterocycles. The van der Waals surface area contributed by atoms with Crippen molar-refractivity contribution in [1.82, 2.24) is 0 Å². The van der Waals surface area contributed by atoms with Crippen molar-refractivity contribution in [3.05, 3.63) is 0 Å². The monoisotopic (exact) mass is 174 g/mol. The first-order chi connectivity index (χ1) is 4.58. The minimum Gasteiger partial charge on any atom is -0.250 e. The molecule has 1 aliphatic rings. The highest BCUT2D eigenvalue weighted by molar-refractivity contribution is 8.00. The molecule has 2 unspecified atom stereocenters. The predicted molar refractivity (Wildman–Crippen MR) is 31.8 cm³/mol. The van der Waals surface area contributed by atoms with Crippen LogP contribution in [0.5, 0.6) is 0 Å². The molecule has 0 aromatic rings. The Bertz CT molecular complexity index is 127. The van der Waals surface area contributed by atoms with Gasteiger partial charge in [0.05, 0.1) is 5.92 Å². The van der Waals surface area contributed by atoms with E-state index in [0.717, 1.165) is 0 Å². The highest BCUT2D eigenvalue weighted by Gasteiger charge is 2.51. The van der Waals surface area contributed by atoms with E-state index in [9.17, 15) is 17.6 Å². The Morgan fingerprint density at radius 3 is 2.30 bits per heavy atom.